The Morgan fingerprint density at radius 2 is 2.21 bits per heavy atom. The molecular weight excluding hydrogens is 240 g/mol. The fraction of sp³-hybridized carbons (Fsp3) is 0.714. The van der Waals surface area contributed by atoms with Crippen LogP contribution in [0.2, 0.25) is 0 Å². The Labute approximate surface area is 114 Å². The molecule has 5 nitrogen and oxygen atoms in total. The van der Waals surface area contributed by atoms with Gasteiger partial charge < -0.3 is 15.4 Å². The molecule has 3 rings (SSSR count). The molecule has 1 aliphatic carbocycles. The number of hydrogen-bond donors (Lipinski definition) is 2. The van der Waals surface area contributed by atoms with E-state index < -0.39 is 0 Å². The van der Waals surface area contributed by atoms with Crippen LogP contribution in [0, 0.1) is 0 Å². The minimum Gasteiger partial charge on any atom is -0.378 e. The van der Waals surface area contributed by atoms with Gasteiger partial charge in [0.05, 0.1) is 13.2 Å². The summed E-state index contributed by atoms with van der Waals surface area (Å²) in [6.07, 6.45) is 7.69. The number of nitrogens with zero attached hydrogens (tertiary/aromatic N) is 2. The molecular formula is C14H22N4O. The van der Waals surface area contributed by atoms with E-state index in [1.807, 2.05) is 0 Å². The highest BCUT2D eigenvalue weighted by molar-refractivity contribution is 5.46. The van der Waals surface area contributed by atoms with E-state index in [4.69, 9.17) is 4.74 Å². The molecule has 1 saturated heterocycles. The summed E-state index contributed by atoms with van der Waals surface area (Å²) in [6.45, 7) is 3.40. The maximum atomic E-state index is 5.47. The van der Waals surface area contributed by atoms with E-state index >= 15 is 0 Å². The van der Waals surface area contributed by atoms with Crippen molar-refractivity contribution in [2.24, 2.45) is 0 Å². The largest absolute Gasteiger partial charge is 0.378 e. The SMILES string of the molecule is c1nc2c(c(NCC3COCCN3)n1)CCCCC2. The van der Waals surface area contributed by atoms with E-state index in [0.29, 0.717) is 6.04 Å². The second-order valence-corrected chi connectivity index (χ2v) is 5.32. The summed E-state index contributed by atoms with van der Waals surface area (Å²) in [4.78, 5) is 8.87. The molecule has 1 fully saturated rings. The number of ether oxygens (including phenoxy) is 1. The van der Waals surface area contributed by atoms with Gasteiger partial charge in [-0.05, 0) is 25.7 Å². The van der Waals surface area contributed by atoms with Crippen molar-refractivity contribution in [2.45, 2.75) is 38.1 Å². The number of aryl methyl sites for hydroxylation is 1. The van der Waals surface area contributed by atoms with Gasteiger partial charge in [-0.1, -0.05) is 6.42 Å². The third-order valence-electron chi connectivity index (χ3n) is 3.89. The highest BCUT2D eigenvalue weighted by atomic mass is 16.5. The Hall–Kier alpha value is -1.20. The standard InChI is InChI=1S/C14H22N4O/c1-2-4-12-13(5-3-1)17-10-18-14(12)16-8-11-9-19-7-6-15-11/h10-11,15H,1-9H2,(H,16,17,18). The molecule has 1 aromatic heterocycles. The minimum absolute atomic E-state index is 0.380. The molecule has 0 bridgehead atoms. The maximum absolute atomic E-state index is 5.47. The Balaban J connectivity index is 1.66. The smallest absolute Gasteiger partial charge is 0.132 e. The number of aromatic nitrogens is 2. The molecule has 0 spiro atoms. The van der Waals surface area contributed by atoms with Crippen LogP contribution in [0.4, 0.5) is 5.82 Å². The molecule has 5 heteroatoms. The van der Waals surface area contributed by atoms with Crippen LogP contribution in [-0.2, 0) is 17.6 Å². The zero-order chi connectivity index (χ0) is 12.9. The zero-order valence-corrected chi connectivity index (χ0v) is 11.3. The Kier molecular flexibility index (Phi) is 4.25. The molecule has 0 saturated carbocycles. The summed E-state index contributed by atoms with van der Waals surface area (Å²) in [7, 11) is 0. The zero-order valence-electron chi connectivity index (χ0n) is 11.3. The maximum Gasteiger partial charge on any atom is 0.132 e. The highest BCUT2D eigenvalue weighted by Crippen LogP contribution is 2.23. The first-order valence-electron chi connectivity index (χ1n) is 7.31. The number of morpholine rings is 1. The van der Waals surface area contributed by atoms with Crippen molar-refractivity contribution in [1.82, 2.24) is 15.3 Å². The van der Waals surface area contributed by atoms with Crippen LogP contribution in [0.15, 0.2) is 6.33 Å². The summed E-state index contributed by atoms with van der Waals surface area (Å²) in [5, 5.41) is 6.93. The van der Waals surface area contributed by atoms with Crippen molar-refractivity contribution in [3.63, 3.8) is 0 Å². The van der Waals surface area contributed by atoms with Crippen molar-refractivity contribution in [2.75, 3.05) is 31.6 Å². The van der Waals surface area contributed by atoms with Gasteiger partial charge in [-0.2, -0.15) is 0 Å². The lowest BCUT2D eigenvalue weighted by Crippen LogP contribution is -2.45. The molecule has 0 radical (unpaired) electrons. The lowest BCUT2D eigenvalue weighted by molar-refractivity contribution is 0.0806. The fourth-order valence-corrected chi connectivity index (χ4v) is 2.82. The van der Waals surface area contributed by atoms with E-state index in [9.17, 15) is 0 Å². The highest BCUT2D eigenvalue weighted by Gasteiger charge is 2.16. The van der Waals surface area contributed by atoms with Gasteiger partial charge in [0.15, 0.2) is 0 Å². The number of fused-ring (bicyclic) bond motifs is 1. The lowest BCUT2D eigenvalue weighted by atomic mass is 10.1. The Morgan fingerprint density at radius 3 is 3.11 bits per heavy atom. The van der Waals surface area contributed by atoms with Crippen molar-refractivity contribution in [3.8, 4) is 0 Å². The summed E-state index contributed by atoms with van der Waals surface area (Å²) in [5.41, 5.74) is 2.57. The quantitative estimate of drug-likeness (QED) is 0.800. The normalized spacial score (nSPS) is 23.5. The number of nitrogens with one attached hydrogen (secondary N) is 2. The molecule has 1 aromatic rings. The molecule has 0 aromatic carbocycles. The third kappa shape index (κ3) is 3.22. The number of hydrogen-bond acceptors (Lipinski definition) is 5. The molecule has 2 N–H and O–H groups in total. The van der Waals surface area contributed by atoms with Crippen LogP contribution in [0.25, 0.3) is 0 Å². The van der Waals surface area contributed by atoms with Crippen molar-refractivity contribution < 1.29 is 4.74 Å². The second kappa shape index (κ2) is 6.30. The summed E-state index contributed by atoms with van der Waals surface area (Å²) in [5.74, 6) is 1.03. The van der Waals surface area contributed by atoms with Crippen LogP contribution >= 0.6 is 0 Å². The number of anilines is 1. The first kappa shape index (κ1) is 12.8. The molecule has 2 aliphatic rings. The number of rotatable bonds is 3. The predicted octanol–water partition coefficient (Wildman–Crippen LogP) is 1.15. The summed E-state index contributed by atoms with van der Waals surface area (Å²) >= 11 is 0. The van der Waals surface area contributed by atoms with Crippen LogP contribution in [-0.4, -0.2) is 42.3 Å². The predicted molar refractivity (Wildman–Crippen MR) is 74.4 cm³/mol. The van der Waals surface area contributed by atoms with Crippen molar-refractivity contribution in [1.29, 1.82) is 0 Å². The van der Waals surface area contributed by atoms with Crippen molar-refractivity contribution >= 4 is 5.82 Å². The van der Waals surface area contributed by atoms with Crippen molar-refractivity contribution in [3.05, 3.63) is 17.6 Å². The summed E-state index contributed by atoms with van der Waals surface area (Å²) in [6, 6.07) is 0.380. The van der Waals surface area contributed by atoms with Crippen LogP contribution in [0.5, 0.6) is 0 Å². The van der Waals surface area contributed by atoms with Gasteiger partial charge in [-0.15, -0.1) is 0 Å². The topological polar surface area (TPSA) is 59.1 Å². The van der Waals surface area contributed by atoms with Gasteiger partial charge >= 0.3 is 0 Å². The third-order valence-corrected chi connectivity index (χ3v) is 3.89. The Morgan fingerprint density at radius 1 is 1.26 bits per heavy atom. The van der Waals surface area contributed by atoms with E-state index in [1.54, 1.807) is 6.33 Å². The molecule has 19 heavy (non-hydrogen) atoms. The van der Waals surface area contributed by atoms with Gasteiger partial charge in [0.2, 0.25) is 0 Å². The first-order valence-corrected chi connectivity index (χ1v) is 7.31. The second-order valence-electron chi connectivity index (χ2n) is 5.32. The molecule has 1 atom stereocenters. The average molecular weight is 262 g/mol. The molecule has 1 unspecified atom stereocenters. The Bertz CT molecular complexity index is 418. The summed E-state index contributed by atoms with van der Waals surface area (Å²) < 4.78 is 5.47. The van der Waals surface area contributed by atoms with Crippen LogP contribution in [0.3, 0.4) is 0 Å². The molecule has 2 heterocycles. The minimum atomic E-state index is 0.380. The van der Waals surface area contributed by atoms with Gasteiger partial charge in [0.1, 0.15) is 12.1 Å². The van der Waals surface area contributed by atoms with Gasteiger partial charge in [-0.3, -0.25) is 0 Å². The van der Waals surface area contributed by atoms with Gasteiger partial charge in [0, 0.05) is 30.4 Å². The molecule has 104 valence electrons. The monoisotopic (exact) mass is 262 g/mol. The van der Waals surface area contributed by atoms with E-state index in [0.717, 1.165) is 45.0 Å². The fourth-order valence-electron chi connectivity index (χ4n) is 2.82. The average Bonchev–Trinajstić information content (AvgIpc) is 2.72. The van der Waals surface area contributed by atoms with Gasteiger partial charge in [-0.25, -0.2) is 9.97 Å². The molecule has 1 aliphatic heterocycles. The van der Waals surface area contributed by atoms with E-state index in [2.05, 4.69) is 20.6 Å². The molecule has 0 amide bonds. The van der Waals surface area contributed by atoms with Crippen LogP contribution < -0.4 is 10.6 Å². The van der Waals surface area contributed by atoms with Gasteiger partial charge in [0.25, 0.3) is 0 Å². The first-order chi connectivity index (χ1) is 9.43. The lowest BCUT2D eigenvalue weighted by Gasteiger charge is -2.24. The van der Waals surface area contributed by atoms with Crippen LogP contribution in [0.1, 0.15) is 30.5 Å². The van der Waals surface area contributed by atoms with E-state index in [1.165, 1.54) is 30.5 Å². The van der Waals surface area contributed by atoms with E-state index in [-0.39, 0.29) is 0 Å².